The number of piperazine rings is 1. The summed E-state index contributed by atoms with van der Waals surface area (Å²) < 4.78 is 0. The highest BCUT2D eigenvalue weighted by molar-refractivity contribution is 6.02. The molecule has 1 saturated heterocycles. The second-order valence-corrected chi connectivity index (χ2v) is 5.76. The van der Waals surface area contributed by atoms with Crippen LogP contribution in [0.25, 0.3) is 11.4 Å². The average Bonchev–Trinajstić information content (AvgIpc) is 3.08. The summed E-state index contributed by atoms with van der Waals surface area (Å²) in [4.78, 5) is 26.8. The van der Waals surface area contributed by atoms with E-state index in [1.807, 2.05) is 19.9 Å². The summed E-state index contributed by atoms with van der Waals surface area (Å²) in [6.07, 6.45) is 0. The van der Waals surface area contributed by atoms with E-state index in [9.17, 15) is 9.59 Å². The lowest BCUT2D eigenvalue weighted by atomic mass is 9.97. The number of hydrogen-bond acceptors (Lipinski definition) is 5. The third-order valence-electron chi connectivity index (χ3n) is 3.89. The molecule has 0 radical (unpaired) electrons. The van der Waals surface area contributed by atoms with Gasteiger partial charge in [0.2, 0.25) is 11.7 Å². The summed E-state index contributed by atoms with van der Waals surface area (Å²) in [5.41, 5.74) is 1.06. The zero-order valence-electron chi connectivity index (χ0n) is 13.0. The minimum Gasteiger partial charge on any atom is -0.353 e. The van der Waals surface area contributed by atoms with Crippen LogP contribution in [0.4, 0.5) is 0 Å². The van der Waals surface area contributed by atoms with Gasteiger partial charge in [-0.2, -0.15) is 5.21 Å². The van der Waals surface area contributed by atoms with Crippen LogP contribution in [-0.2, 0) is 4.79 Å². The number of H-pyrrole nitrogens is 1. The molecule has 0 aliphatic carbocycles. The summed E-state index contributed by atoms with van der Waals surface area (Å²) in [6.45, 7) is 4.80. The molecule has 2 aromatic rings. The average molecular weight is 314 g/mol. The van der Waals surface area contributed by atoms with Gasteiger partial charge in [-0.15, -0.1) is 10.2 Å². The Balaban J connectivity index is 1.99. The molecule has 0 saturated carbocycles. The predicted molar refractivity (Wildman–Crippen MR) is 82.3 cm³/mol. The van der Waals surface area contributed by atoms with Crippen LogP contribution in [-0.4, -0.2) is 56.5 Å². The molecule has 0 bridgehead atoms. The standard InChI is InChI=1S/C15H18N6O2/c1-9(2)12-14(22)16-7-8-21(12)15(23)11-6-4-3-5-10(11)13-17-19-20-18-13/h3-6,9,12H,7-8H2,1-2H3,(H,16,22)(H,17,18,19,20). The number of rotatable bonds is 3. The van der Waals surface area contributed by atoms with Crippen LogP contribution in [0.2, 0.25) is 0 Å². The normalized spacial score (nSPS) is 18.1. The van der Waals surface area contributed by atoms with Crippen LogP contribution < -0.4 is 5.32 Å². The third-order valence-corrected chi connectivity index (χ3v) is 3.89. The number of nitrogens with one attached hydrogen (secondary N) is 2. The number of nitrogens with zero attached hydrogens (tertiary/aromatic N) is 4. The first-order chi connectivity index (χ1) is 11.1. The van der Waals surface area contributed by atoms with Gasteiger partial charge < -0.3 is 10.2 Å². The molecule has 1 atom stereocenters. The summed E-state index contributed by atoms with van der Waals surface area (Å²) in [7, 11) is 0. The molecular formula is C15H18N6O2. The molecule has 23 heavy (non-hydrogen) atoms. The highest BCUT2D eigenvalue weighted by Crippen LogP contribution is 2.24. The smallest absolute Gasteiger partial charge is 0.255 e. The fraction of sp³-hybridized carbons (Fsp3) is 0.400. The summed E-state index contributed by atoms with van der Waals surface area (Å²) in [5, 5.41) is 16.6. The molecule has 2 amide bonds. The van der Waals surface area contributed by atoms with Gasteiger partial charge in [0, 0.05) is 18.7 Å². The lowest BCUT2D eigenvalue weighted by Crippen LogP contribution is -2.59. The monoisotopic (exact) mass is 314 g/mol. The second kappa shape index (κ2) is 6.15. The predicted octanol–water partition coefficient (Wildman–Crippen LogP) is 0.463. The lowest BCUT2D eigenvalue weighted by molar-refractivity contribution is -0.129. The van der Waals surface area contributed by atoms with Crippen molar-refractivity contribution in [3.8, 4) is 11.4 Å². The summed E-state index contributed by atoms with van der Waals surface area (Å²) in [6, 6.07) is 6.61. The van der Waals surface area contributed by atoms with E-state index in [4.69, 9.17) is 0 Å². The fourth-order valence-electron chi connectivity index (χ4n) is 2.87. The Kier molecular flexibility index (Phi) is 4.05. The number of aromatic amines is 1. The van der Waals surface area contributed by atoms with Gasteiger partial charge in [-0.3, -0.25) is 9.59 Å². The minimum absolute atomic E-state index is 0.0246. The van der Waals surface area contributed by atoms with Crippen molar-refractivity contribution in [1.29, 1.82) is 0 Å². The number of carbonyl (C=O) groups is 2. The van der Waals surface area contributed by atoms with Crippen LogP contribution in [0.5, 0.6) is 0 Å². The molecule has 2 N–H and O–H groups in total. The van der Waals surface area contributed by atoms with Crippen molar-refractivity contribution < 1.29 is 9.59 Å². The van der Waals surface area contributed by atoms with Gasteiger partial charge in [0.15, 0.2) is 0 Å². The summed E-state index contributed by atoms with van der Waals surface area (Å²) >= 11 is 0. The Morgan fingerprint density at radius 3 is 2.83 bits per heavy atom. The van der Waals surface area contributed by atoms with Crippen LogP contribution in [0, 0.1) is 5.92 Å². The van der Waals surface area contributed by atoms with Crippen LogP contribution in [0.1, 0.15) is 24.2 Å². The van der Waals surface area contributed by atoms with E-state index >= 15 is 0 Å². The number of aromatic nitrogens is 4. The summed E-state index contributed by atoms with van der Waals surface area (Å²) in [5.74, 6) is 0.0729. The molecule has 3 rings (SSSR count). The van der Waals surface area contributed by atoms with Crippen molar-refractivity contribution in [3.05, 3.63) is 29.8 Å². The van der Waals surface area contributed by atoms with Crippen molar-refractivity contribution in [2.24, 2.45) is 5.92 Å². The maximum absolute atomic E-state index is 13.0. The zero-order valence-corrected chi connectivity index (χ0v) is 13.0. The SMILES string of the molecule is CC(C)C1C(=O)NCCN1C(=O)c1ccccc1-c1nn[nH]n1. The minimum atomic E-state index is -0.477. The maximum atomic E-state index is 13.0. The fourth-order valence-corrected chi connectivity index (χ4v) is 2.87. The van der Waals surface area contributed by atoms with E-state index in [0.717, 1.165) is 0 Å². The highest BCUT2D eigenvalue weighted by atomic mass is 16.2. The largest absolute Gasteiger partial charge is 0.353 e. The van der Waals surface area contributed by atoms with Crippen molar-refractivity contribution in [2.45, 2.75) is 19.9 Å². The van der Waals surface area contributed by atoms with Crippen LogP contribution in [0.3, 0.4) is 0 Å². The van der Waals surface area contributed by atoms with E-state index < -0.39 is 6.04 Å². The number of hydrogen-bond donors (Lipinski definition) is 2. The van der Waals surface area contributed by atoms with Gasteiger partial charge >= 0.3 is 0 Å². The van der Waals surface area contributed by atoms with Gasteiger partial charge in [0.25, 0.3) is 5.91 Å². The van der Waals surface area contributed by atoms with E-state index in [1.165, 1.54) is 0 Å². The number of amides is 2. The van der Waals surface area contributed by atoms with Gasteiger partial charge in [0.05, 0.1) is 5.56 Å². The number of benzene rings is 1. The molecule has 120 valence electrons. The Hall–Kier alpha value is -2.77. The molecule has 1 aliphatic rings. The van der Waals surface area contributed by atoms with Crippen LogP contribution in [0.15, 0.2) is 24.3 Å². The van der Waals surface area contributed by atoms with Crippen molar-refractivity contribution in [2.75, 3.05) is 13.1 Å². The quantitative estimate of drug-likeness (QED) is 0.856. The maximum Gasteiger partial charge on any atom is 0.255 e. The van der Waals surface area contributed by atoms with E-state index in [2.05, 4.69) is 25.9 Å². The van der Waals surface area contributed by atoms with Gasteiger partial charge in [0.1, 0.15) is 6.04 Å². The molecule has 8 nitrogen and oxygen atoms in total. The van der Waals surface area contributed by atoms with Gasteiger partial charge in [-0.25, -0.2) is 0 Å². The first-order valence-corrected chi connectivity index (χ1v) is 7.51. The molecule has 2 heterocycles. The Labute approximate surface area is 133 Å². The Morgan fingerprint density at radius 1 is 1.35 bits per heavy atom. The molecule has 1 fully saturated rings. The van der Waals surface area contributed by atoms with Gasteiger partial charge in [-0.1, -0.05) is 32.0 Å². The number of carbonyl (C=O) groups excluding carboxylic acids is 2. The molecule has 1 unspecified atom stereocenters. The number of tetrazole rings is 1. The molecule has 0 spiro atoms. The molecule has 1 aliphatic heterocycles. The molecular weight excluding hydrogens is 296 g/mol. The van der Waals surface area contributed by atoms with Crippen molar-refractivity contribution in [3.63, 3.8) is 0 Å². The van der Waals surface area contributed by atoms with E-state index in [1.54, 1.807) is 23.1 Å². The molecule has 1 aromatic carbocycles. The van der Waals surface area contributed by atoms with Crippen LogP contribution >= 0.6 is 0 Å². The van der Waals surface area contributed by atoms with Crippen molar-refractivity contribution >= 4 is 11.8 Å². The molecule has 8 heteroatoms. The third kappa shape index (κ3) is 2.79. The highest BCUT2D eigenvalue weighted by Gasteiger charge is 2.36. The van der Waals surface area contributed by atoms with Crippen molar-refractivity contribution in [1.82, 2.24) is 30.8 Å². The first kappa shape index (κ1) is 15.1. The zero-order chi connectivity index (χ0) is 16.4. The topological polar surface area (TPSA) is 104 Å². The van der Waals surface area contributed by atoms with Gasteiger partial charge in [-0.05, 0) is 17.2 Å². The Bertz CT molecular complexity index is 713. The molecule has 1 aromatic heterocycles. The van der Waals surface area contributed by atoms with E-state index in [-0.39, 0.29) is 17.7 Å². The van der Waals surface area contributed by atoms with E-state index in [0.29, 0.717) is 30.0 Å². The lowest BCUT2D eigenvalue weighted by Gasteiger charge is -2.37. The first-order valence-electron chi connectivity index (χ1n) is 7.51. The second-order valence-electron chi connectivity index (χ2n) is 5.76. The Morgan fingerprint density at radius 2 is 2.13 bits per heavy atom.